The van der Waals surface area contributed by atoms with Gasteiger partial charge in [0.25, 0.3) is 0 Å². The molecule has 98 valence electrons. The fourth-order valence-corrected chi connectivity index (χ4v) is 1.37. The van der Waals surface area contributed by atoms with E-state index in [1.165, 1.54) is 4.90 Å². The molecule has 0 radical (unpaired) electrons. The third kappa shape index (κ3) is 4.93. The zero-order valence-electron chi connectivity index (χ0n) is 10.9. The standard InChI is InChI=1S/C11H21N3O3/c1-11(2,3)7-13-9(15)12-5-8-6-14(4)10(16)17-8/h8H,5-7H2,1-4H3,(H2,12,13,15). The van der Waals surface area contributed by atoms with Gasteiger partial charge in [-0.05, 0) is 5.41 Å². The molecule has 1 aliphatic heterocycles. The van der Waals surface area contributed by atoms with Crippen LogP contribution in [0.5, 0.6) is 0 Å². The fraction of sp³-hybridized carbons (Fsp3) is 0.818. The van der Waals surface area contributed by atoms with E-state index in [-0.39, 0.29) is 23.6 Å². The third-order valence-corrected chi connectivity index (χ3v) is 2.33. The SMILES string of the molecule is CN1CC(CNC(=O)NCC(C)(C)C)OC1=O. The number of rotatable bonds is 3. The van der Waals surface area contributed by atoms with Crippen molar-refractivity contribution in [1.29, 1.82) is 0 Å². The summed E-state index contributed by atoms with van der Waals surface area (Å²) in [5.41, 5.74) is 0.0530. The van der Waals surface area contributed by atoms with Gasteiger partial charge in [-0.1, -0.05) is 20.8 Å². The lowest BCUT2D eigenvalue weighted by Crippen LogP contribution is -2.43. The first-order valence-electron chi connectivity index (χ1n) is 5.71. The Bertz CT molecular complexity index is 299. The van der Waals surface area contributed by atoms with Gasteiger partial charge in [-0.2, -0.15) is 0 Å². The van der Waals surface area contributed by atoms with Gasteiger partial charge in [0.2, 0.25) is 0 Å². The summed E-state index contributed by atoms with van der Waals surface area (Å²) in [6, 6.07) is -0.231. The molecule has 1 atom stereocenters. The largest absolute Gasteiger partial charge is 0.442 e. The second-order valence-electron chi connectivity index (χ2n) is 5.51. The van der Waals surface area contributed by atoms with E-state index < -0.39 is 0 Å². The van der Waals surface area contributed by atoms with Crippen LogP contribution >= 0.6 is 0 Å². The van der Waals surface area contributed by atoms with Crippen molar-refractivity contribution in [2.75, 3.05) is 26.7 Å². The normalized spacial score (nSPS) is 20.1. The molecule has 0 aliphatic carbocycles. The van der Waals surface area contributed by atoms with Gasteiger partial charge in [0.05, 0.1) is 13.1 Å². The highest BCUT2D eigenvalue weighted by molar-refractivity contribution is 5.74. The molecule has 0 spiro atoms. The average Bonchev–Trinajstić information content (AvgIpc) is 2.51. The van der Waals surface area contributed by atoms with Crippen molar-refractivity contribution >= 4 is 12.1 Å². The number of hydrogen-bond donors (Lipinski definition) is 2. The molecule has 0 aromatic rings. The van der Waals surface area contributed by atoms with E-state index in [1.807, 2.05) is 20.8 Å². The predicted molar refractivity (Wildman–Crippen MR) is 63.8 cm³/mol. The van der Waals surface area contributed by atoms with Crippen LogP contribution < -0.4 is 10.6 Å². The van der Waals surface area contributed by atoms with Gasteiger partial charge in [-0.3, -0.25) is 0 Å². The maximum atomic E-state index is 11.4. The summed E-state index contributed by atoms with van der Waals surface area (Å²) in [5, 5.41) is 5.45. The summed E-state index contributed by atoms with van der Waals surface area (Å²) < 4.78 is 5.01. The summed E-state index contributed by atoms with van der Waals surface area (Å²) in [5.74, 6) is 0. The van der Waals surface area contributed by atoms with E-state index in [0.717, 1.165) is 0 Å². The number of hydrogen-bond acceptors (Lipinski definition) is 3. The predicted octanol–water partition coefficient (Wildman–Crippen LogP) is 0.782. The minimum atomic E-state index is -0.341. The van der Waals surface area contributed by atoms with Crippen molar-refractivity contribution in [2.45, 2.75) is 26.9 Å². The molecular weight excluding hydrogens is 222 g/mol. The number of carbonyl (C=O) groups excluding carboxylic acids is 2. The molecule has 1 rings (SSSR count). The highest BCUT2D eigenvalue weighted by Crippen LogP contribution is 2.10. The minimum Gasteiger partial charge on any atom is -0.442 e. The number of urea groups is 1. The molecular formula is C11H21N3O3. The topological polar surface area (TPSA) is 70.7 Å². The first-order valence-corrected chi connectivity index (χ1v) is 5.71. The van der Waals surface area contributed by atoms with E-state index in [0.29, 0.717) is 19.6 Å². The van der Waals surface area contributed by atoms with E-state index >= 15 is 0 Å². The zero-order chi connectivity index (χ0) is 13.1. The van der Waals surface area contributed by atoms with E-state index in [2.05, 4.69) is 10.6 Å². The average molecular weight is 243 g/mol. The molecule has 17 heavy (non-hydrogen) atoms. The highest BCUT2D eigenvalue weighted by Gasteiger charge is 2.28. The lowest BCUT2D eigenvalue weighted by molar-refractivity contribution is 0.133. The number of nitrogens with one attached hydrogen (secondary N) is 2. The molecule has 0 aromatic heterocycles. The van der Waals surface area contributed by atoms with Crippen LogP contribution in [-0.2, 0) is 4.74 Å². The smallest absolute Gasteiger partial charge is 0.410 e. The van der Waals surface area contributed by atoms with Crippen LogP contribution in [0, 0.1) is 5.41 Å². The first-order chi connectivity index (χ1) is 7.78. The van der Waals surface area contributed by atoms with Crippen LogP contribution in [0.4, 0.5) is 9.59 Å². The molecule has 0 saturated carbocycles. The van der Waals surface area contributed by atoms with Crippen LogP contribution in [0.25, 0.3) is 0 Å². The number of cyclic esters (lactones) is 1. The monoisotopic (exact) mass is 243 g/mol. The fourth-order valence-electron chi connectivity index (χ4n) is 1.37. The lowest BCUT2D eigenvalue weighted by atomic mass is 9.97. The molecule has 6 nitrogen and oxygen atoms in total. The van der Waals surface area contributed by atoms with Gasteiger partial charge in [0, 0.05) is 13.6 Å². The van der Waals surface area contributed by atoms with E-state index in [4.69, 9.17) is 4.74 Å². The van der Waals surface area contributed by atoms with Crippen LogP contribution in [0.3, 0.4) is 0 Å². The summed E-state index contributed by atoms with van der Waals surface area (Å²) in [7, 11) is 1.67. The van der Waals surface area contributed by atoms with Gasteiger partial charge in [-0.15, -0.1) is 0 Å². The Kier molecular flexibility index (Phi) is 4.20. The Hall–Kier alpha value is -1.46. The first kappa shape index (κ1) is 13.6. The number of nitrogens with zero attached hydrogens (tertiary/aromatic N) is 1. The van der Waals surface area contributed by atoms with Crippen molar-refractivity contribution in [2.24, 2.45) is 5.41 Å². The second kappa shape index (κ2) is 5.25. The minimum absolute atomic E-state index is 0.0530. The zero-order valence-corrected chi connectivity index (χ0v) is 10.9. The summed E-state index contributed by atoms with van der Waals surface area (Å²) in [6.07, 6.45) is -0.597. The maximum Gasteiger partial charge on any atom is 0.410 e. The molecule has 6 heteroatoms. The molecule has 2 N–H and O–H groups in total. The van der Waals surface area contributed by atoms with Crippen molar-refractivity contribution in [3.8, 4) is 0 Å². The number of likely N-dealkylation sites (N-methyl/N-ethyl adjacent to an activating group) is 1. The quantitative estimate of drug-likeness (QED) is 0.769. The Labute approximate surface area is 102 Å². The van der Waals surface area contributed by atoms with Crippen molar-refractivity contribution < 1.29 is 14.3 Å². The van der Waals surface area contributed by atoms with E-state index in [9.17, 15) is 9.59 Å². The van der Waals surface area contributed by atoms with Crippen molar-refractivity contribution in [3.63, 3.8) is 0 Å². The van der Waals surface area contributed by atoms with Crippen LogP contribution in [0.15, 0.2) is 0 Å². The highest BCUT2D eigenvalue weighted by atomic mass is 16.6. The van der Waals surface area contributed by atoms with Crippen LogP contribution in [-0.4, -0.2) is 49.8 Å². The van der Waals surface area contributed by atoms with Crippen LogP contribution in [0.2, 0.25) is 0 Å². The molecule has 1 aliphatic rings. The van der Waals surface area contributed by atoms with Gasteiger partial charge in [-0.25, -0.2) is 9.59 Å². The van der Waals surface area contributed by atoms with E-state index in [1.54, 1.807) is 7.05 Å². The van der Waals surface area contributed by atoms with Gasteiger partial charge < -0.3 is 20.3 Å². The molecule has 1 heterocycles. The number of carbonyl (C=O) groups is 2. The van der Waals surface area contributed by atoms with Crippen LogP contribution in [0.1, 0.15) is 20.8 Å². The lowest BCUT2D eigenvalue weighted by Gasteiger charge is -2.19. The Morgan fingerprint density at radius 2 is 2.12 bits per heavy atom. The molecule has 1 fully saturated rings. The summed E-state index contributed by atoms with van der Waals surface area (Å²) >= 11 is 0. The second-order valence-corrected chi connectivity index (χ2v) is 5.51. The van der Waals surface area contributed by atoms with Crippen molar-refractivity contribution in [3.05, 3.63) is 0 Å². The van der Waals surface area contributed by atoms with Crippen molar-refractivity contribution in [1.82, 2.24) is 15.5 Å². The molecule has 1 saturated heterocycles. The molecule has 0 bridgehead atoms. The van der Waals surface area contributed by atoms with Gasteiger partial charge in [0.15, 0.2) is 0 Å². The summed E-state index contributed by atoms with van der Waals surface area (Å²) in [6.45, 7) is 7.58. The summed E-state index contributed by atoms with van der Waals surface area (Å²) in [4.78, 5) is 24.0. The molecule has 3 amide bonds. The Balaban J connectivity index is 2.19. The Morgan fingerprint density at radius 1 is 1.47 bits per heavy atom. The molecule has 0 aromatic carbocycles. The third-order valence-electron chi connectivity index (χ3n) is 2.33. The number of amides is 3. The Morgan fingerprint density at radius 3 is 2.59 bits per heavy atom. The maximum absolute atomic E-state index is 11.4. The number of ether oxygens (including phenoxy) is 1. The van der Waals surface area contributed by atoms with Gasteiger partial charge >= 0.3 is 12.1 Å². The van der Waals surface area contributed by atoms with Gasteiger partial charge in [0.1, 0.15) is 6.10 Å². The molecule has 1 unspecified atom stereocenters.